The first-order chi connectivity index (χ1) is 8.24. The third-order valence-corrected chi connectivity index (χ3v) is 3.22. The molecule has 1 aromatic rings. The van der Waals surface area contributed by atoms with Crippen LogP contribution in [0, 0.1) is 6.92 Å². The Kier molecular flexibility index (Phi) is 6.16. The van der Waals surface area contributed by atoms with E-state index < -0.39 is 0 Å². The summed E-state index contributed by atoms with van der Waals surface area (Å²) in [4.78, 5) is 11.7. The van der Waals surface area contributed by atoms with Crippen molar-refractivity contribution in [3.63, 3.8) is 0 Å². The molecule has 2 N–H and O–H groups in total. The summed E-state index contributed by atoms with van der Waals surface area (Å²) in [5, 5.41) is 6.33. The Hall–Kier alpha value is -1.06. The van der Waals surface area contributed by atoms with Crippen LogP contribution in [0.3, 0.4) is 0 Å². The largest absolute Gasteiger partial charge is 0.326 e. The second-order valence-electron chi connectivity index (χ2n) is 4.75. The molecule has 18 heavy (non-hydrogen) atoms. The number of carbonyl (C=O) groups excluding carboxylic acids is 1. The fourth-order valence-electron chi connectivity index (χ4n) is 2.17. The van der Waals surface area contributed by atoms with Crippen LogP contribution < -0.4 is 10.6 Å². The van der Waals surface area contributed by atoms with Gasteiger partial charge in [-0.05, 0) is 44.9 Å². The van der Waals surface area contributed by atoms with E-state index in [1.807, 2.05) is 31.2 Å². The van der Waals surface area contributed by atoms with E-state index in [1.54, 1.807) is 0 Å². The zero-order chi connectivity index (χ0) is 12.1. The zero-order valence-electron chi connectivity index (χ0n) is 10.7. The monoisotopic (exact) mass is 268 g/mol. The number of halogens is 1. The van der Waals surface area contributed by atoms with Crippen LogP contribution in [0.2, 0.25) is 0 Å². The predicted molar refractivity (Wildman–Crippen MR) is 77.3 cm³/mol. The first kappa shape index (κ1) is 15.0. The van der Waals surface area contributed by atoms with Gasteiger partial charge in [0, 0.05) is 18.2 Å². The standard InChI is InChI=1S/C14H20N2O.ClH/c1-11-4-6-13(7-5-11)16-14(17)9-8-12-3-2-10-15-12;/h4-7,12,15H,2-3,8-10H2,1H3,(H,16,17);1H. The fraction of sp³-hybridized carbons (Fsp3) is 0.500. The zero-order valence-corrected chi connectivity index (χ0v) is 11.6. The van der Waals surface area contributed by atoms with E-state index in [9.17, 15) is 4.79 Å². The molecule has 1 heterocycles. The number of benzene rings is 1. The molecule has 0 radical (unpaired) electrons. The molecule has 0 saturated carbocycles. The van der Waals surface area contributed by atoms with Crippen LogP contribution in [-0.4, -0.2) is 18.5 Å². The van der Waals surface area contributed by atoms with Gasteiger partial charge in [0.05, 0.1) is 0 Å². The lowest BCUT2D eigenvalue weighted by Crippen LogP contribution is -2.23. The van der Waals surface area contributed by atoms with E-state index in [-0.39, 0.29) is 18.3 Å². The normalized spacial score (nSPS) is 18.2. The number of nitrogens with one attached hydrogen (secondary N) is 2. The molecule has 0 aromatic heterocycles. The van der Waals surface area contributed by atoms with Gasteiger partial charge in [-0.15, -0.1) is 12.4 Å². The molecule has 1 aliphatic rings. The third kappa shape index (κ3) is 4.67. The van der Waals surface area contributed by atoms with E-state index in [0.29, 0.717) is 12.5 Å². The fourth-order valence-corrected chi connectivity index (χ4v) is 2.17. The Balaban J connectivity index is 0.00000162. The Morgan fingerprint density at radius 1 is 1.39 bits per heavy atom. The van der Waals surface area contributed by atoms with Crippen molar-refractivity contribution in [2.45, 2.75) is 38.6 Å². The summed E-state index contributed by atoms with van der Waals surface area (Å²) in [7, 11) is 0. The molecule has 1 saturated heterocycles. The number of carbonyl (C=O) groups is 1. The van der Waals surface area contributed by atoms with E-state index in [0.717, 1.165) is 18.7 Å². The van der Waals surface area contributed by atoms with Crippen molar-refractivity contribution in [3.05, 3.63) is 29.8 Å². The molecular formula is C14H21ClN2O. The summed E-state index contributed by atoms with van der Waals surface area (Å²) >= 11 is 0. The van der Waals surface area contributed by atoms with Crippen molar-refractivity contribution in [1.82, 2.24) is 5.32 Å². The van der Waals surface area contributed by atoms with Crippen molar-refractivity contribution < 1.29 is 4.79 Å². The average Bonchev–Trinajstić information content (AvgIpc) is 2.83. The van der Waals surface area contributed by atoms with Gasteiger partial charge < -0.3 is 10.6 Å². The van der Waals surface area contributed by atoms with Crippen LogP contribution in [0.1, 0.15) is 31.2 Å². The summed E-state index contributed by atoms with van der Waals surface area (Å²) in [6, 6.07) is 8.45. The molecule has 1 fully saturated rings. The summed E-state index contributed by atoms with van der Waals surface area (Å²) in [5.41, 5.74) is 2.10. The minimum absolute atomic E-state index is 0. The topological polar surface area (TPSA) is 41.1 Å². The van der Waals surface area contributed by atoms with Crippen LogP contribution in [-0.2, 0) is 4.79 Å². The molecule has 1 aromatic carbocycles. The lowest BCUT2D eigenvalue weighted by molar-refractivity contribution is -0.116. The molecule has 4 heteroatoms. The number of hydrogen-bond donors (Lipinski definition) is 2. The molecule has 1 aliphatic heterocycles. The second-order valence-corrected chi connectivity index (χ2v) is 4.75. The van der Waals surface area contributed by atoms with E-state index in [2.05, 4.69) is 10.6 Å². The highest BCUT2D eigenvalue weighted by molar-refractivity contribution is 5.90. The Bertz CT molecular complexity index is 372. The highest BCUT2D eigenvalue weighted by Crippen LogP contribution is 2.13. The lowest BCUT2D eigenvalue weighted by Gasteiger charge is -2.10. The third-order valence-electron chi connectivity index (χ3n) is 3.22. The van der Waals surface area contributed by atoms with E-state index in [4.69, 9.17) is 0 Å². The van der Waals surface area contributed by atoms with Crippen LogP contribution in [0.5, 0.6) is 0 Å². The second kappa shape index (κ2) is 7.39. The summed E-state index contributed by atoms with van der Waals surface area (Å²) in [6.45, 7) is 3.14. The molecule has 3 nitrogen and oxygen atoms in total. The van der Waals surface area contributed by atoms with Gasteiger partial charge in [0.1, 0.15) is 0 Å². The quantitative estimate of drug-likeness (QED) is 0.882. The number of hydrogen-bond acceptors (Lipinski definition) is 2. The molecule has 2 rings (SSSR count). The molecule has 100 valence electrons. The average molecular weight is 269 g/mol. The molecule has 0 bridgehead atoms. The van der Waals surface area contributed by atoms with Gasteiger partial charge in [-0.3, -0.25) is 4.79 Å². The van der Waals surface area contributed by atoms with Gasteiger partial charge in [0.15, 0.2) is 0 Å². The van der Waals surface area contributed by atoms with Crippen molar-refractivity contribution in [2.24, 2.45) is 0 Å². The first-order valence-electron chi connectivity index (χ1n) is 6.34. The van der Waals surface area contributed by atoms with Crippen LogP contribution in [0.25, 0.3) is 0 Å². The molecule has 0 spiro atoms. The number of anilines is 1. The Labute approximate surface area is 115 Å². The van der Waals surface area contributed by atoms with Gasteiger partial charge in [-0.25, -0.2) is 0 Å². The maximum atomic E-state index is 11.7. The molecular weight excluding hydrogens is 248 g/mol. The Morgan fingerprint density at radius 3 is 2.72 bits per heavy atom. The van der Waals surface area contributed by atoms with Gasteiger partial charge in [-0.1, -0.05) is 17.7 Å². The van der Waals surface area contributed by atoms with Gasteiger partial charge in [0.2, 0.25) is 5.91 Å². The van der Waals surface area contributed by atoms with Crippen molar-refractivity contribution in [2.75, 3.05) is 11.9 Å². The number of aryl methyl sites for hydroxylation is 1. The lowest BCUT2D eigenvalue weighted by atomic mass is 10.1. The van der Waals surface area contributed by atoms with E-state index in [1.165, 1.54) is 18.4 Å². The molecule has 0 aliphatic carbocycles. The number of amides is 1. The van der Waals surface area contributed by atoms with Gasteiger partial charge in [-0.2, -0.15) is 0 Å². The first-order valence-corrected chi connectivity index (χ1v) is 6.34. The van der Waals surface area contributed by atoms with Gasteiger partial charge >= 0.3 is 0 Å². The SMILES string of the molecule is Cc1ccc(NC(=O)CCC2CCCN2)cc1.Cl. The van der Waals surface area contributed by atoms with Crippen molar-refractivity contribution in [3.8, 4) is 0 Å². The minimum Gasteiger partial charge on any atom is -0.326 e. The molecule has 1 atom stereocenters. The Morgan fingerprint density at radius 2 is 2.11 bits per heavy atom. The van der Waals surface area contributed by atoms with Crippen molar-refractivity contribution in [1.29, 1.82) is 0 Å². The summed E-state index contributed by atoms with van der Waals surface area (Å²) in [5.74, 6) is 0.113. The van der Waals surface area contributed by atoms with Crippen LogP contribution >= 0.6 is 12.4 Å². The van der Waals surface area contributed by atoms with Gasteiger partial charge in [0.25, 0.3) is 0 Å². The highest BCUT2D eigenvalue weighted by Gasteiger charge is 2.15. The predicted octanol–water partition coefficient (Wildman–Crippen LogP) is 2.89. The van der Waals surface area contributed by atoms with Crippen molar-refractivity contribution >= 4 is 24.0 Å². The summed E-state index contributed by atoms with van der Waals surface area (Å²) < 4.78 is 0. The van der Waals surface area contributed by atoms with Crippen LogP contribution in [0.15, 0.2) is 24.3 Å². The smallest absolute Gasteiger partial charge is 0.224 e. The number of rotatable bonds is 4. The van der Waals surface area contributed by atoms with E-state index >= 15 is 0 Å². The summed E-state index contributed by atoms with van der Waals surface area (Å²) in [6.07, 6.45) is 3.99. The molecule has 1 unspecified atom stereocenters. The maximum Gasteiger partial charge on any atom is 0.224 e. The van der Waals surface area contributed by atoms with Crippen LogP contribution in [0.4, 0.5) is 5.69 Å². The maximum absolute atomic E-state index is 11.7. The highest BCUT2D eigenvalue weighted by atomic mass is 35.5. The molecule has 1 amide bonds. The minimum atomic E-state index is 0.